The van der Waals surface area contributed by atoms with Gasteiger partial charge in [0.2, 0.25) is 5.91 Å². The molecule has 0 bridgehead atoms. The Morgan fingerprint density at radius 3 is 2.25 bits per heavy atom. The van der Waals surface area contributed by atoms with Crippen LogP contribution in [0.2, 0.25) is 0 Å². The highest BCUT2D eigenvalue weighted by Gasteiger charge is 2.27. The number of fused-ring (bicyclic) bond motifs is 1. The van der Waals surface area contributed by atoms with E-state index in [0.717, 1.165) is 31.4 Å². The van der Waals surface area contributed by atoms with Crippen molar-refractivity contribution >= 4 is 48.9 Å². The highest BCUT2D eigenvalue weighted by Crippen LogP contribution is 2.27. The number of rotatable bonds is 8. The summed E-state index contributed by atoms with van der Waals surface area (Å²) in [4.78, 5) is 25.5. The van der Waals surface area contributed by atoms with Crippen LogP contribution in [0.15, 0.2) is 82.5 Å². The molecule has 1 N–H and O–H groups in total. The lowest BCUT2D eigenvalue weighted by atomic mass is 10.0. The van der Waals surface area contributed by atoms with Gasteiger partial charge in [-0.25, -0.2) is 8.42 Å². The average molecular weight is 524 g/mol. The topological polar surface area (TPSA) is 88.5 Å². The molecule has 0 aliphatic carbocycles. The highest BCUT2D eigenvalue weighted by molar-refractivity contribution is 7.92. The zero-order chi connectivity index (χ0) is 26.0. The van der Waals surface area contributed by atoms with E-state index in [0.29, 0.717) is 11.4 Å². The van der Waals surface area contributed by atoms with Crippen molar-refractivity contribution in [2.75, 3.05) is 16.2 Å². The molecule has 0 fully saturated rings. The summed E-state index contributed by atoms with van der Waals surface area (Å²) in [5, 5.41) is 2.80. The lowest BCUT2D eigenvalue weighted by molar-refractivity contribution is -0.114. The summed E-state index contributed by atoms with van der Waals surface area (Å²) in [5.41, 5.74) is 2.77. The largest absolute Gasteiger partial charge is 0.324 e. The molecule has 0 saturated heterocycles. The van der Waals surface area contributed by atoms with Gasteiger partial charge >= 0.3 is 4.87 Å². The van der Waals surface area contributed by atoms with Crippen molar-refractivity contribution in [3.05, 3.63) is 88.0 Å². The van der Waals surface area contributed by atoms with E-state index in [1.807, 2.05) is 26.0 Å². The third-order valence-electron chi connectivity index (χ3n) is 5.88. The Labute approximate surface area is 215 Å². The number of carbonyl (C=O) groups is 1. The Kier molecular flexibility index (Phi) is 7.33. The number of hydrogen-bond donors (Lipinski definition) is 1. The molecule has 0 unspecified atom stereocenters. The second kappa shape index (κ2) is 10.3. The Morgan fingerprint density at radius 1 is 0.972 bits per heavy atom. The molecule has 1 heterocycles. The summed E-state index contributed by atoms with van der Waals surface area (Å²) >= 11 is 1.11. The van der Waals surface area contributed by atoms with E-state index >= 15 is 0 Å². The van der Waals surface area contributed by atoms with Crippen molar-refractivity contribution in [2.24, 2.45) is 0 Å². The third kappa shape index (κ3) is 5.22. The van der Waals surface area contributed by atoms with Crippen LogP contribution in [0, 0.1) is 0 Å². The summed E-state index contributed by atoms with van der Waals surface area (Å²) in [7, 11) is -3.99. The van der Waals surface area contributed by atoms with Gasteiger partial charge in [-0.2, -0.15) is 0 Å². The fourth-order valence-corrected chi connectivity index (χ4v) is 6.49. The molecule has 4 aromatic rings. The molecule has 188 valence electrons. The number of thiazole rings is 1. The van der Waals surface area contributed by atoms with E-state index < -0.39 is 22.5 Å². The predicted octanol–water partition coefficient (Wildman–Crippen LogP) is 5.60. The molecule has 0 aliphatic heterocycles. The number of hydrogen-bond acceptors (Lipinski definition) is 5. The molecular weight excluding hydrogens is 494 g/mol. The molecule has 0 aliphatic rings. The number of amides is 1. The SMILES string of the molecule is CC(C)c1ccc(N(CC(=O)Nc2ccc3c(c2)sc(=O)n3C(C)C)S(=O)(=O)c2ccccc2)cc1. The van der Waals surface area contributed by atoms with E-state index in [-0.39, 0.29) is 21.7 Å². The molecule has 1 amide bonds. The van der Waals surface area contributed by atoms with Gasteiger partial charge < -0.3 is 5.32 Å². The minimum atomic E-state index is -3.99. The Hall–Kier alpha value is -3.43. The fourth-order valence-electron chi connectivity index (χ4n) is 3.99. The fraction of sp³-hybridized carbons (Fsp3) is 0.259. The smallest absolute Gasteiger partial charge is 0.308 e. The van der Waals surface area contributed by atoms with Crippen LogP contribution >= 0.6 is 11.3 Å². The van der Waals surface area contributed by atoms with Gasteiger partial charge in [0, 0.05) is 11.7 Å². The van der Waals surface area contributed by atoms with Crippen molar-refractivity contribution in [1.82, 2.24) is 4.57 Å². The van der Waals surface area contributed by atoms with Gasteiger partial charge in [-0.05, 0) is 67.8 Å². The van der Waals surface area contributed by atoms with Gasteiger partial charge in [0.25, 0.3) is 10.0 Å². The van der Waals surface area contributed by atoms with Gasteiger partial charge in [0.15, 0.2) is 0 Å². The summed E-state index contributed by atoms with van der Waals surface area (Å²) in [6, 6.07) is 20.5. The first-order valence-electron chi connectivity index (χ1n) is 11.7. The number of carbonyl (C=O) groups excluding carboxylic acids is 1. The van der Waals surface area contributed by atoms with Crippen LogP contribution in [-0.4, -0.2) is 25.4 Å². The maximum atomic E-state index is 13.5. The van der Waals surface area contributed by atoms with Crippen LogP contribution in [0.5, 0.6) is 0 Å². The quantitative estimate of drug-likeness (QED) is 0.326. The van der Waals surface area contributed by atoms with Crippen LogP contribution in [0.1, 0.15) is 45.2 Å². The minimum absolute atomic E-state index is 0.0190. The van der Waals surface area contributed by atoms with Gasteiger partial charge in [-0.1, -0.05) is 55.5 Å². The molecule has 9 heteroatoms. The lowest BCUT2D eigenvalue weighted by Gasteiger charge is -2.24. The molecule has 0 spiro atoms. The van der Waals surface area contributed by atoms with Gasteiger partial charge in [0.05, 0.1) is 20.8 Å². The molecule has 0 atom stereocenters. The van der Waals surface area contributed by atoms with Crippen molar-refractivity contribution in [1.29, 1.82) is 0 Å². The first-order valence-corrected chi connectivity index (χ1v) is 14.0. The van der Waals surface area contributed by atoms with Gasteiger partial charge in [0.1, 0.15) is 6.54 Å². The first-order chi connectivity index (χ1) is 17.1. The zero-order valence-electron chi connectivity index (χ0n) is 20.6. The van der Waals surface area contributed by atoms with E-state index in [1.165, 1.54) is 12.1 Å². The number of sulfonamides is 1. The summed E-state index contributed by atoms with van der Waals surface area (Å²) < 4.78 is 30.6. The third-order valence-corrected chi connectivity index (χ3v) is 8.59. The van der Waals surface area contributed by atoms with Crippen LogP contribution in [0.4, 0.5) is 11.4 Å². The molecular formula is C27H29N3O4S2. The van der Waals surface area contributed by atoms with E-state index in [2.05, 4.69) is 19.2 Å². The van der Waals surface area contributed by atoms with Crippen LogP contribution in [-0.2, 0) is 14.8 Å². The predicted molar refractivity (Wildman–Crippen MR) is 147 cm³/mol. The van der Waals surface area contributed by atoms with Crippen molar-refractivity contribution < 1.29 is 13.2 Å². The van der Waals surface area contributed by atoms with Crippen molar-refractivity contribution in [3.63, 3.8) is 0 Å². The van der Waals surface area contributed by atoms with Gasteiger partial charge in [-0.15, -0.1) is 0 Å². The average Bonchev–Trinajstić information content (AvgIpc) is 3.18. The van der Waals surface area contributed by atoms with E-state index in [1.54, 1.807) is 53.1 Å². The highest BCUT2D eigenvalue weighted by atomic mass is 32.2. The second-order valence-electron chi connectivity index (χ2n) is 9.13. The molecule has 0 radical (unpaired) electrons. The monoisotopic (exact) mass is 523 g/mol. The Morgan fingerprint density at radius 2 is 1.64 bits per heavy atom. The number of nitrogens with zero attached hydrogens (tertiary/aromatic N) is 2. The van der Waals surface area contributed by atoms with E-state index in [9.17, 15) is 18.0 Å². The van der Waals surface area contributed by atoms with Crippen molar-refractivity contribution in [2.45, 2.75) is 44.6 Å². The lowest BCUT2D eigenvalue weighted by Crippen LogP contribution is -2.38. The maximum absolute atomic E-state index is 13.5. The molecule has 0 saturated carbocycles. The number of nitrogens with one attached hydrogen (secondary N) is 1. The van der Waals surface area contributed by atoms with Crippen molar-refractivity contribution in [3.8, 4) is 0 Å². The summed E-state index contributed by atoms with van der Waals surface area (Å²) in [6.45, 7) is 7.60. The normalized spacial score (nSPS) is 11.8. The molecule has 7 nitrogen and oxygen atoms in total. The zero-order valence-corrected chi connectivity index (χ0v) is 22.3. The minimum Gasteiger partial charge on any atom is -0.324 e. The molecule has 1 aromatic heterocycles. The molecule has 3 aromatic carbocycles. The first kappa shape index (κ1) is 25.7. The Balaban J connectivity index is 1.64. The Bertz CT molecular complexity index is 1540. The number of anilines is 2. The van der Waals surface area contributed by atoms with Crippen LogP contribution < -0.4 is 14.5 Å². The summed E-state index contributed by atoms with van der Waals surface area (Å²) in [6.07, 6.45) is 0. The van der Waals surface area contributed by atoms with Crippen LogP contribution in [0.3, 0.4) is 0 Å². The van der Waals surface area contributed by atoms with E-state index in [4.69, 9.17) is 0 Å². The van der Waals surface area contributed by atoms with Crippen LogP contribution in [0.25, 0.3) is 10.2 Å². The number of aromatic nitrogens is 1. The molecule has 4 rings (SSSR count). The number of benzene rings is 3. The maximum Gasteiger partial charge on any atom is 0.308 e. The second-order valence-corrected chi connectivity index (χ2v) is 12.0. The standard InChI is InChI=1S/C27H29N3O4S2/c1-18(2)20-10-13-22(14-11-20)29(36(33,34)23-8-6-5-7-9-23)17-26(31)28-21-12-15-24-25(16-21)35-27(32)30(24)19(3)4/h5-16,18-19H,17H2,1-4H3,(H,28,31). The van der Waals surface area contributed by atoms with Gasteiger partial charge in [-0.3, -0.25) is 18.5 Å². The molecule has 36 heavy (non-hydrogen) atoms. The summed E-state index contributed by atoms with van der Waals surface area (Å²) in [5.74, 6) is -0.199.